The molecule has 1 N–H and O–H groups in total. The van der Waals surface area contributed by atoms with Crippen molar-refractivity contribution in [1.29, 1.82) is 0 Å². The van der Waals surface area contributed by atoms with Crippen LogP contribution < -0.4 is 10.9 Å². The number of thioether (sulfide) groups is 1. The fraction of sp³-hybridized carbons (Fsp3) is 0.345. The maximum absolute atomic E-state index is 14.0. The van der Waals surface area contributed by atoms with Gasteiger partial charge in [0.2, 0.25) is 5.91 Å². The van der Waals surface area contributed by atoms with E-state index in [0.29, 0.717) is 28.4 Å². The second kappa shape index (κ2) is 10.4. The first kappa shape index (κ1) is 25.7. The number of ether oxygens (including phenoxy) is 1. The minimum atomic E-state index is -0.329. The molecule has 0 saturated carbocycles. The molecule has 1 aliphatic rings. The molecule has 4 aromatic rings. The standard InChI is InChI=1S/C29H31N3O3S2/c1-18-10-12-21(13-11-18)32-27(34)25-22-15-29(3,4)35-16-23(22)37-26(25)31-28(32)36-17-24(33)30-19(2)14-20-8-6-5-7-9-20/h5-13,19H,14-17H2,1-4H3,(H,30,33)/t19-/m1/s1. The highest BCUT2D eigenvalue weighted by Gasteiger charge is 2.31. The van der Waals surface area contributed by atoms with Crippen molar-refractivity contribution in [2.75, 3.05) is 5.75 Å². The summed E-state index contributed by atoms with van der Waals surface area (Å²) in [5.74, 6) is 0.0864. The van der Waals surface area contributed by atoms with E-state index in [9.17, 15) is 9.59 Å². The topological polar surface area (TPSA) is 73.2 Å². The lowest BCUT2D eigenvalue weighted by molar-refractivity contribution is -0.119. The average molecular weight is 534 g/mol. The zero-order valence-corrected chi connectivity index (χ0v) is 23.2. The van der Waals surface area contributed by atoms with Crippen LogP contribution in [0.1, 0.15) is 42.3 Å². The van der Waals surface area contributed by atoms with Gasteiger partial charge in [0.25, 0.3) is 5.56 Å². The van der Waals surface area contributed by atoms with Gasteiger partial charge in [0.1, 0.15) is 4.83 Å². The van der Waals surface area contributed by atoms with Gasteiger partial charge in [-0.05, 0) is 57.4 Å². The molecule has 1 amide bonds. The summed E-state index contributed by atoms with van der Waals surface area (Å²) in [5.41, 5.74) is 3.65. The minimum Gasteiger partial charge on any atom is -0.370 e. The number of rotatable bonds is 7. The largest absolute Gasteiger partial charge is 0.370 e. The molecule has 0 fully saturated rings. The van der Waals surface area contributed by atoms with Gasteiger partial charge in [0.05, 0.1) is 29.0 Å². The van der Waals surface area contributed by atoms with Crippen LogP contribution in [-0.2, 0) is 29.0 Å². The van der Waals surface area contributed by atoms with Crippen LogP contribution in [0.4, 0.5) is 0 Å². The lowest BCUT2D eigenvalue weighted by Crippen LogP contribution is -2.35. The summed E-state index contributed by atoms with van der Waals surface area (Å²) in [6, 6.07) is 17.9. The van der Waals surface area contributed by atoms with Gasteiger partial charge in [-0.25, -0.2) is 4.98 Å². The van der Waals surface area contributed by atoms with E-state index in [1.54, 1.807) is 4.57 Å². The molecule has 1 aliphatic heterocycles. The number of aromatic nitrogens is 2. The molecule has 0 saturated heterocycles. The van der Waals surface area contributed by atoms with Gasteiger partial charge in [-0.15, -0.1) is 11.3 Å². The third-order valence-electron chi connectivity index (χ3n) is 6.49. The summed E-state index contributed by atoms with van der Waals surface area (Å²) in [4.78, 5) is 33.5. The van der Waals surface area contributed by atoms with Crippen molar-refractivity contribution in [1.82, 2.24) is 14.9 Å². The second-order valence-electron chi connectivity index (χ2n) is 10.2. The Kier molecular flexibility index (Phi) is 7.25. The van der Waals surface area contributed by atoms with E-state index in [2.05, 4.69) is 17.4 Å². The van der Waals surface area contributed by atoms with Crippen LogP contribution in [0.5, 0.6) is 0 Å². The van der Waals surface area contributed by atoms with Gasteiger partial charge in [-0.1, -0.05) is 59.8 Å². The molecule has 0 aliphatic carbocycles. The summed E-state index contributed by atoms with van der Waals surface area (Å²) < 4.78 is 7.65. The van der Waals surface area contributed by atoms with Crippen molar-refractivity contribution >= 4 is 39.2 Å². The fourth-order valence-electron chi connectivity index (χ4n) is 4.66. The first-order valence-corrected chi connectivity index (χ1v) is 14.2. The molecule has 192 valence electrons. The van der Waals surface area contributed by atoms with Crippen molar-refractivity contribution < 1.29 is 9.53 Å². The Labute approximate surface area is 225 Å². The van der Waals surface area contributed by atoms with Crippen LogP contribution in [0.25, 0.3) is 15.9 Å². The Bertz CT molecular complexity index is 1490. The van der Waals surface area contributed by atoms with Crippen molar-refractivity contribution in [3.63, 3.8) is 0 Å². The van der Waals surface area contributed by atoms with Crippen molar-refractivity contribution in [2.45, 2.75) is 63.9 Å². The monoisotopic (exact) mass is 533 g/mol. The summed E-state index contributed by atoms with van der Waals surface area (Å²) in [6.07, 6.45) is 1.43. The number of carbonyl (C=O) groups excluding carboxylic acids is 1. The average Bonchev–Trinajstić information content (AvgIpc) is 3.21. The molecule has 0 unspecified atom stereocenters. The van der Waals surface area contributed by atoms with Crippen molar-refractivity contribution in [3.8, 4) is 5.69 Å². The SMILES string of the molecule is Cc1ccc(-n2c(SCC(=O)N[C@H](C)Cc3ccccc3)nc3sc4c(c3c2=O)CC(C)(C)OC4)cc1. The van der Waals surface area contributed by atoms with Gasteiger partial charge in [-0.3, -0.25) is 14.2 Å². The number of hydrogen-bond donors (Lipinski definition) is 1. The molecule has 2 aromatic heterocycles. The number of benzene rings is 2. The van der Waals surface area contributed by atoms with Gasteiger partial charge >= 0.3 is 0 Å². The zero-order valence-electron chi connectivity index (χ0n) is 21.5. The number of thiophene rings is 1. The third kappa shape index (κ3) is 5.66. The Morgan fingerprint density at radius 2 is 1.92 bits per heavy atom. The summed E-state index contributed by atoms with van der Waals surface area (Å²) in [7, 11) is 0. The van der Waals surface area contributed by atoms with Crippen LogP contribution in [-0.4, -0.2) is 32.9 Å². The summed E-state index contributed by atoms with van der Waals surface area (Å²) >= 11 is 2.81. The molecule has 2 aromatic carbocycles. The van der Waals surface area contributed by atoms with E-state index in [4.69, 9.17) is 9.72 Å². The Balaban J connectivity index is 1.45. The predicted molar refractivity (Wildman–Crippen MR) is 151 cm³/mol. The van der Waals surface area contributed by atoms with Gasteiger partial charge in [0.15, 0.2) is 5.16 Å². The molecule has 1 atom stereocenters. The Morgan fingerprint density at radius 1 is 1.19 bits per heavy atom. The number of nitrogens with zero attached hydrogens (tertiary/aromatic N) is 2. The second-order valence-corrected chi connectivity index (χ2v) is 12.3. The lowest BCUT2D eigenvalue weighted by atomic mass is 9.94. The van der Waals surface area contributed by atoms with Crippen LogP contribution in [0, 0.1) is 6.92 Å². The third-order valence-corrected chi connectivity index (χ3v) is 8.53. The number of amides is 1. The van der Waals surface area contributed by atoms with E-state index >= 15 is 0 Å². The van der Waals surface area contributed by atoms with Crippen molar-refractivity contribution in [2.24, 2.45) is 0 Å². The zero-order chi connectivity index (χ0) is 26.2. The van der Waals surface area contributed by atoms with Crippen LogP contribution in [0.2, 0.25) is 0 Å². The van der Waals surface area contributed by atoms with Crippen molar-refractivity contribution in [3.05, 3.63) is 86.5 Å². The molecule has 8 heteroatoms. The number of hydrogen-bond acceptors (Lipinski definition) is 6. The molecule has 0 bridgehead atoms. The minimum absolute atomic E-state index is 0.00222. The van der Waals surface area contributed by atoms with Crippen LogP contribution in [0.15, 0.2) is 64.5 Å². The highest BCUT2D eigenvalue weighted by atomic mass is 32.2. The van der Waals surface area contributed by atoms with Gasteiger partial charge in [0, 0.05) is 17.3 Å². The Morgan fingerprint density at radius 3 is 2.65 bits per heavy atom. The van der Waals surface area contributed by atoms with E-state index in [1.165, 1.54) is 28.7 Å². The number of carbonyl (C=O) groups is 1. The highest BCUT2D eigenvalue weighted by Crippen LogP contribution is 2.38. The first-order valence-electron chi connectivity index (χ1n) is 12.4. The number of fused-ring (bicyclic) bond motifs is 3. The molecular weight excluding hydrogens is 502 g/mol. The molecule has 6 nitrogen and oxygen atoms in total. The van der Waals surface area contributed by atoms with Crippen LogP contribution >= 0.6 is 23.1 Å². The predicted octanol–water partition coefficient (Wildman–Crippen LogP) is 5.45. The number of aryl methyl sites for hydroxylation is 1. The van der Waals surface area contributed by atoms with E-state index in [0.717, 1.165) is 28.1 Å². The van der Waals surface area contributed by atoms with Gasteiger partial charge in [-0.2, -0.15) is 0 Å². The quantitative estimate of drug-likeness (QED) is 0.253. The summed E-state index contributed by atoms with van der Waals surface area (Å²) in [5, 5.41) is 4.27. The smallest absolute Gasteiger partial charge is 0.267 e. The molecule has 0 spiro atoms. The molecular formula is C29H31N3O3S2. The normalized spacial score (nSPS) is 15.4. The van der Waals surface area contributed by atoms with E-state index in [-0.39, 0.29) is 28.9 Å². The van der Waals surface area contributed by atoms with E-state index < -0.39 is 0 Å². The lowest BCUT2D eigenvalue weighted by Gasteiger charge is -2.29. The molecule has 0 radical (unpaired) electrons. The summed E-state index contributed by atoms with van der Waals surface area (Å²) in [6.45, 7) is 8.60. The fourth-order valence-corrected chi connectivity index (χ4v) is 6.63. The van der Waals surface area contributed by atoms with Gasteiger partial charge < -0.3 is 10.1 Å². The molecule has 37 heavy (non-hydrogen) atoms. The highest BCUT2D eigenvalue weighted by molar-refractivity contribution is 7.99. The van der Waals surface area contributed by atoms with Crippen LogP contribution in [0.3, 0.4) is 0 Å². The van der Waals surface area contributed by atoms with E-state index in [1.807, 2.05) is 70.2 Å². The number of nitrogens with one attached hydrogen (secondary N) is 1. The maximum atomic E-state index is 14.0. The Hall–Kier alpha value is -2.94. The molecule has 5 rings (SSSR count). The molecule has 3 heterocycles. The maximum Gasteiger partial charge on any atom is 0.267 e. The first-order chi connectivity index (χ1) is 17.7.